The topological polar surface area (TPSA) is 77.1 Å². The summed E-state index contributed by atoms with van der Waals surface area (Å²) in [5.41, 5.74) is 4.42. The van der Waals surface area contributed by atoms with E-state index in [0.29, 0.717) is 18.9 Å². The van der Waals surface area contributed by atoms with Crippen molar-refractivity contribution in [2.24, 2.45) is 4.99 Å². The Morgan fingerprint density at radius 2 is 2.14 bits per heavy atom. The minimum atomic E-state index is -0.246. The standard InChI is InChI=1S/C21H22FN5O/c22-14-4-5-15-13(10-24-19(15)9-14)11-27-8-6-17-16(12-27)21(28)26-20(25-17)18-3-1-2-7-23-18/h4-5,9-10,24H,1-3,6-8,11-12H2,(H,25,26,28). The molecule has 0 radical (unpaired) electrons. The zero-order valence-corrected chi connectivity index (χ0v) is 15.6. The molecule has 5 rings (SSSR count). The average molecular weight is 379 g/mol. The van der Waals surface area contributed by atoms with Gasteiger partial charge in [-0.15, -0.1) is 0 Å². The lowest BCUT2D eigenvalue weighted by Gasteiger charge is -2.27. The van der Waals surface area contributed by atoms with E-state index in [4.69, 9.17) is 4.98 Å². The van der Waals surface area contributed by atoms with Crippen LogP contribution in [0, 0.1) is 5.82 Å². The fourth-order valence-electron chi connectivity index (χ4n) is 4.17. The maximum Gasteiger partial charge on any atom is 0.255 e. The van der Waals surface area contributed by atoms with Crippen molar-refractivity contribution in [1.82, 2.24) is 19.9 Å². The fraction of sp³-hybridized carbons (Fsp3) is 0.381. The van der Waals surface area contributed by atoms with Crippen molar-refractivity contribution in [1.29, 1.82) is 0 Å². The fourth-order valence-corrected chi connectivity index (χ4v) is 4.17. The van der Waals surface area contributed by atoms with Gasteiger partial charge in [0.05, 0.1) is 17.0 Å². The molecule has 0 saturated carbocycles. The van der Waals surface area contributed by atoms with E-state index in [1.54, 1.807) is 6.07 Å². The van der Waals surface area contributed by atoms with E-state index in [1.165, 1.54) is 12.1 Å². The summed E-state index contributed by atoms with van der Waals surface area (Å²) in [5, 5.41) is 1.02. The molecule has 2 aliphatic heterocycles. The van der Waals surface area contributed by atoms with Crippen LogP contribution in [-0.2, 0) is 19.5 Å². The van der Waals surface area contributed by atoms with E-state index in [2.05, 4.69) is 19.9 Å². The normalized spacial score (nSPS) is 17.5. The molecule has 0 atom stereocenters. The van der Waals surface area contributed by atoms with Gasteiger partial charge in [-0.05, 0) is 43.0 Å². The molecule has 2 aliphatic rings. The van der Waals surface area contributed by atoms with Crippen LogP contribution >= 0.6 is 0 Å². The van der Waals surface area contributed by atoms with Crippen LogP contribution in [0.2, 0.25) is 0 Å². The highest BCUT2D eigenvalue weighted by Gasteiger charge is 2.23. The number of rotatable bonds is 3. The molecule has 6 nitrogen and oxygen atoms in total. The van der Waals surface area contributed by atoms with Gasteiger partial charge in [-0.1, -0.05) is 0 Å². The maximum absolute atomic E-state index is 13.4. The first-order valence-electron chi connectivity index (χ1n) is 9.81. The second kappa shape index (κ2) is 6.98. The lowest BCUT2D eigenvalue weighted by Crippen LogP contribution is -2.36. The number of hydrogen-bond acceptors (Lipinski definition) is 4. The van der Waals surface area contributed by atoms with Crippen LogP contribution in [0.3, 0.4) is 0 Å². The van der Waals surface area contributed by atoms with E-state index >= 15 is 0 Å². The Labute approximate surface area is 161 Å². The smallest absolute Gasteiger partial charge is 0.255 e. The van der Waals surface area contributed by atoms with Crippen LogP contribution < -0.4 is 5.56 Å². The molecule has 28 heavy (non-hydrogen) atoms. The predicted octanol–water partition coefficient (Wildman–Crippen LogP) is 2.92. The predicted molar refractivity (Wildman–Crippen MR) is 106 cm³/mol. The molecule has 3 aromatic rings. The summed E-state index contributed by atoms with van der Waals surface area (Å²) in [5.74, 6) is 0.402. The molecule has 7 heteroatoms. The van der Waals surface area contributed by atoms with E-state index in [9.17, 15) is 9.18 Å². The third-order valence-corrected chi connectivity index (χ3v) is 5.67. The number of aliphatic imine (C=N–C) groups is 1. The number of halogens is 1. The number of H-pyrrole nitrogens is 2. The number of hydrogen-bond donors (Lipinski definition) is 2. The first-order chi connectivity index (χ1) is 13.7. The SMILES string of the molecule is O=c1[nH]c(C2=NCCCC2)nc2c1CN(Cc1c[nH]c3cc(F)ccc13)CC2. The number of nitrogens with zero attached hydrogens (tertiary/aromatic N) is 3. The first kappa shape index (κ1) is 17.3. The lowest BCUT2D eigenvalue weighted by atomic mass is 10.0. The van der Waals surface area contributed by atoms with Gasteiger partial charge in [0.2, 0.25) is 0 Å². The molecule has 0 fully saturated rings. The van der Waals surface area contributed by atoms with E-state index < -0.39 is 0 Å². The van der Waals surface area contributed by atoms with Crippen LogP contribution in [0.1, 0.15) is 41.9 Å². The Balaban J connectivity index is 1.39. The van der Waals surface area contributed by atoms with Gasteiger partial charge in [0.15, 0.2) is 5.82 Å². The van der Waals surface area contributed by atoms with Crippen LogP contribution in [0.4, 0.5) is 4.39 Å². The van der Waals surface area contributed by atoms with Crippen molar-refractivity contribution in [3.8, 4) is 0 Å². The van der Waals surface area contributed by atoms with Crippen LogP contribution in [0.5, 0.6) is 0 Å². The number of aromatic nitrogens is 3. The summed E-state index contributed by atoms with van der Waals surface area (Å²) in [6.07, 6.45) is 5.76. The molecular weight excluding hydrogens is 357 g/mol. The van der Waals surface area contributed by atoms with Crippen molar-refractivity contribution in [3.63, 3.8) is 0 Å². The summed E-state index contributed by atoms with van der Waals surface area (Å²) < 4.78 is 13.4. The van der Waals surface area contributed by atoms with Gasteiger partial charge in [-0.25, -0.2) is 9.37 Å². The van der Waals surface area contributed by atoms with Gasteiger partial charge in [0, 0.05) is 49.7 Å². The number of nitrogens with one attached hydrogen (secondary N) is 2. The second-order valence-corrected chi connectivity index (χ2v) is 7.59. The van der Waals surface area contributed by atoms with Crippen molar-refractivity contribution in [2.75, 3.05) is 13.1 Å². The molecule has 4 heterocycles. The van der Waals surface area contributed by atoms with Crippen molar-refractivity contribution in [3.05, 3.63) is 63.2 Å². The van der Waals surface area contributed by atoms with Crippen molar-refractivity contribution >= 4 is 16.6 Å². The van der Waals surface area contributed by atoms with Gasteiger partial charge in [0.1, 0.15) is 5.82 Å². The zero-order valence-electron chi connectivity index (χ0n) is 15.6. The summed E-state index contributed by atoms with van der Waals surface area (Å²) in [6.45, 7) is 2.93. The maximum atomic E-state index is 13.4. The molecule has 2 aromatic heterocycles. The molecule has 2 N–H and O–H groups in total. The summed E-state index contributed by atoms with van der Waals surface area (Å²) in [4.78, 5) is 30.3. The Morgan fingerprint density at radius 3 is 3.00 bits per heavy atom. The molecule has 0 unspecified atom stereocenters. The Hall–Kier alpha value is -2.80. The first-order valence-corrected chi connectivity index (χ1v) is 9.81. The van der Waals surface area contributed by atoms with E-state index in [1.807, 2.05) is 6.20 Å². The van der Waals surface area contributed by atoms with Gasteiger partial charge < -0.3 is 9.97 Å². The molecule has 144 valence electrons. The van der Waals surface area contributed by atoms with Gasteiger partial charge in [0.25, 0.3) is 5.56 Å². The number of aromatic amines is 2. The van der Waals surface area contributed by atoms with Gasteiger partial charge in [-0.2, -0.15) is 0 Å². The third kappa shape index (κ3) is 3.16. The van der Waals surface area contributed by atoms with Gasteiger partial charge in [-0.3, -0.25) is 14.7 Å². The van der Waals surface area contributed by atoms with Crippen LogP contribution in [0.25, 0.3) is 10.9 Å². The minimum Gasteiger partial charge on any atom is -0.361 e. The zero-order chi connectivity index (χ0) is 19.1. The summed E-state index contributed by atoms with van der Waals surface area (Å²) in [6, 6.07) is 4.80. The largest absolute Gasteiger partial charge is 0.361 e. The quantitative estimate of drug-likeness (QED) is 0.735. The molecule has 0 amide bonds. The number of fused-ring (bicyclic) bond motifs is 2. The Morgan fingerprint density at radius 1 is 1.21 bits per heavy atom. The lowest BCUT2D eigenvalue weighted by molar-refractivity contribution is 0.242. The minimum absolute atomic E-state index is 0.0565. The molecule has 1 aromatic carbocycles. The van der Waals surface area contributed by atoms with E-state index in [0.717, 1.165) is 72.2 Å². The highest BCUT2D eigenvalue weighted by atomic mass is 19.1. The third-order valence-electron chi connectivity index (χ3n) is 5.67. The van der Waals surface area contributed by atoms with E-state index in [-0.39, 0.29) is 11.4 Å². The number of benzene rings is 1. The Bertz CT molecular complexity index is 1130. The monoisotopic (exact) mass is 379 g/mol. The van der Waals surface area contributed by atoms with Crippen LogP contribution in [-0.4, -0.2) is 38.7 Å². The second-order valence-electron chi connectivity index (χ2n) is 7.59. The highest BCUT2D eigenvalue weighted by molar-refractivity contribution is 5.97. The van der Waals surface area contributed by atoms with Crippen LogP contribution in [0.15, 0.2) is 34.2 Å². The molecule has 0 bridgehead atoms. The Kier molecular flexibility index (Phi) is 4.31. The average Bonchev–Trinajstić information content (AvgIpc) is 3.10. The molecule has 0 saturated heterocycles. The van der Waals surface area contributed by atoms with Crippen molar-refractivity contribution in [2.45, 2.75) is 38.8 Å². The highest BCUT2D eigenvalue weighted by Crippen LogP contribution is 2.23. The summed E-state index contributed by atoms with van der Waals surface area (Å²) >= 11 is 0. The summed E-state index contributed by atoms with van der Waals surface area (Å²) in [7, 11) is 0. The molecular formula is C21H22FN5O. The van der Waals surface area contributed by atoms with Crippen molar-refractivity contribution < 1.29 is 4.39 Å². The molecule has 0 aliphatic carbocycles. The molecule has 0 spiro atoms. The van der Waals surface area contributed by atoms with Gasteiger partial charge >= 0.3 is 0 Å².